The summed E-state index contributed by atoms with van der Waals surface area (Å²) in [7, 11) is 0. The first-order chi connectivity index (χ1) is 6.86. The smallest absolute Gasteiger partial charge is 0.203 e. The number of hydrogen-bond donors (Lipinski definition) is 1. The number of fused-ring (bicyclic) bond motifs is 3. The number of aryl methyl sites for hydroxylation is 1. The predicted octanol–water partition coefficient (Wildman–Crippen LogP) is 1.99. The lowest BCUT2D eigenvalue weighted by Gasteiger charge is -2.15. The number of nitrogens with zero attached hydrogens (tertiary/aromatic N) is 2. The van der Waals surface area contributed by atoms with E-state index in [1.165, 1.54) is 6.07 Å². The van der Waals surface area contributed by atoms with Crippen molar-refractivity contribution >= 4 is 17.0 Å². The summed E-state index contributed by atoms with van der Waals surface area (Å²) < 4.78 is 15.4. The molecule has 0 saturated heterocycles. The Labute approximate surface area is 80.6 Å². The molecule has 0 saturated carbocycles. The zero-order valence-corrected chi connectivity index (χ0v) is 7.63. The molecule has 0 spiro atoms. The van der Waals surface area contributed by atoms with Crippen LogP contribution in [0.3, 0.4) is 0 Å². The van der Waals surface area contributed by atoms with Gasteiger partial charge in [-0.3, -0.25) is 0 Å². The van der Waals surface area contributed by atoms with Gasteiger partial charge in [-0.2, -0.15) is 0 Å². The van der Waals surface area contributed by atoms with Gasteiger partial charge in [0.05, 0.1) is 5.52 Å². The average Bonchev–Trinajstić information content (AvgIpc) is 2.59. The number of nitrogens with one attached hydrogen (secondary N) is 1. The van der Waals surface area contributed by atoms with E-state index in [-0.39, 0.29) is 5.82 Å². The number of rotatable bonds is 0. The highest BCUT2D eigenvalue weighted by Gasteiger charge is 2.15. The molecule has 1 aliphatic rings. The molecule has 3 rings (SSSR count). The van der Waals surface area contributed by atoms with E-state index in [9.17, 15) is 4.39 Å². The van der Waals surface area contributed by atoms with Crippen molar-refractivity contribution in [2.45, 2.75) is 13.0 Å². The Balaban J connectivity index is 2.36. The summed E-state index contributed by atoms with van der Waals surface area (Å²) >= 11 is 0. The highest BCUT2D eigenvalue weighted by Crippen LogP contribution is 2.24. The molecule has 0 atom stereocenters. The number of anilines is 1. The highest BCUT2D eigenvalue weighted by molar-refractivity contribution is 5.79. The van der Waals surface area contributed by atoms with Crippen LogP contribution < -0.4 is 5.32 Å². The van der Waals surface area contributed by atoms with Gasteiger partial charge >= 0.3 is 0 Å². The number of halogens is 1. The first-order valence-electron chi connectivity index (χ1n) is 4.75. The minimum absolute atomic E-state index is 0.244. The molecular weight excluding hydrogens is 181 g/mol. The van der Waals surface area contributed by atoms with Crippen molar-refractivity contribution in [3.63, 3.8) is 0 Å². The van der Waals surface area contributed by atoms with Crippen molar-refractivity contribution in [3.8, 4) is 0 Å². The largest absolute Gasteiger partial charge is 0.356 e. The Morgan fingerprint density at radius 1 is 1.43 bits per heavy atom. The fourth-order valence-corrected chi connectivity index (χ4v) is 1.91. The number of imidazole rings is 1. The monoisotopic (exact) mass is 191 g/mol. The van der Waals surface area contributed by atoms with Crippen molar-refractivity contribution in [2.24, 2.45) is 0 Å². The van der Waals surface area contributed by atoms with E-state index >= 15 is 0 Å². The van der Waals surface area contributed by atoms with Crippen LogP contribution in [0.25, 0.3) is 11.0 Å². The first-order valence-corrected chi connectivity index (χ1v) is 4.75. The second-order valence-electron chi connectivity index (χ2n) is 3.47. The fourth-order valence-electron chi connectivity index (χ4n) is 1.91. The third-order valence-electron chi connectivity index (χ3n) is 2.57. The van der Waals surface area contributed by atoms with Gasteiger partial charge < -0.3 is 9.88 Å². The van der Waals surface area contributed by atoms with E-state index in [0.29, 0.717) is 5.52 Å². The summed E-state index contributed by atoms with van der Waals surface area (Å²) in [4.78, 5) is 4.23. The summed E-state index contributed by atoms with van der Waals surface area (Å²) in [5.41, 5.74) is 1.35. The zero-order chi connectivity index (χ0) is 9.54. The van der Waals surface area contributed by atoms with E-state index in [1.807, 2.05) is 10.6 Å². The molecule has 0 amide bonds. The normalized spacial score (nSPS) is 15.2. The molecule has 0 aliphatic carbocycles. The molecule has 0 bridgehead atoms. The van der Waals surface area contributed by atoms with Gasteiger partial charge in [-0.25, -0.2) is 9.37 Å². The summed E-state index contributed by atoms with van der Waals surface area (Å²) in [5.74, 6) is 0.544. The summed E-state index contributed by atoms with van der Waals surface area (Å²) in [6.45, 7) is 1.84. The first kappa shape index (κ1) is 7.79. The number of hydrogen-bond acceptors (Lipinski definition) is 2. The van der Waals surface area contributed by atoms with Crippen LogP contribution in [0.2, 0.25) is 0 Å². The van der Waals surface area contributed by atoms with Crippen molar-refractivity contribution in [2.75, 3.05) is 11.9 Å². The maximum atomic E-state index is 13.4. The van der Waals surface area contributed by atoms with Crippen LogP contribution in [0.1, 0.15) is 6.42 Å². The standard InChI is InChI=1S/C10H10FN3/c11-7-3-1-4-8-9(7)13-10-12-5-2-6-14(8)10/h1,3-4H,2,5-6H2,(H,12,13). The molecule has 1 aliphatic heterocycles. The highest BCUT2D eigenvalue weighted by atomic mass is 19.1. The topological polar surface area (TPSA) is 29.9 Å². The van der Waals surface area contributed by atoms with Crippen molar-refractivity contribution in [1.82, 2.24) is 9.55 Å². The lowest BCUT2D eigenvalue weighted by atomic mass is 10.3. The van der Waals surface area contributed by atoms with Gasteiger partial charge in [0.25, 0.3) is 0 Å². The maximum absolute atomic E-state index is 13.4. The quantitative estimate of drug-likeness (QED) is 0.690. The molecule has 4 heteroatoms. The SMILES string of the molecule is Fc1cccc2c1nc1n2CCCN1. The van der Waals surface area contributed by atoms with Gasteiger partial charge in [0.1, 0.15) is 5.52 Å². The van der Waals surface area contributed by atoms with Crippen LogP contribution in [-0.4, -0.2) is 16.1 Å². The Hall–Kier alpha value is -1.58. The van der Waals surface area contributed by atoms with Crippen molar-refractivity contribution < 1.29 is 4.39 Å². The van der Waals surface area contributed by atoms with Crippen molar-refractivity contribution in [1.29, 1.82) is 0 Å². The minimum Gasteiger partial charge on any atom is -0.356 e. The molecule has 0 fully saturated rings. The molecule has 1 N–H and O–H groups in total. The van der Waals surface area contributed by atoms with Gasteiger partial charge in [0, 0.05) is 13.1 Å². The Bertz CT molecular complexity index is 489. The summed E-state index contributed by atoms with van der Waals surface area (Å²) in [5, 5.41) is 3.16. The van der Waals surface area contributed by atoms with E-state index < -0.39 is 0 Å². The Kier molecular flexibility index (Phi) is 1.50. The number of benzene rings is 1. The molecule has 2 heterocycles. The van der Waals surface area contributed by atoms with E-state index in [2.05, 4.69) is 10.3 Å². The Morgan fingerprint density at radius 3 is 3.29 bits per heavy atom. The van der Waals surface area contributed by atoms with E-state index in [0.717, 1.165) is 31.0 Å². The lowest BCUT2D eigenvalue weighted by Crippen LogP contribution is -2.16. The second-order valence-corrected chi connectivity index (χ2v) is 3.47. The van der Waals surface area contributed by atoms with Crippen LogP contribution in [0, 0.1) is 5.82 Å². The second kappa shape index (κ2) is 2.70. The zero-order valence-electron chi connectivity index (χ0n) is 7.63. The van der Waals surface area contributed by atoms with E-state index in [1.54, 1.807) is 6.07 Å². The third kappa shape index (κ3) is 0.937. The van der Waals surface area contributed by atoms with Crippen LogP contribution in [0.5, 0.6) is 0 Å². The molecule has 2 aromatic rings. The Morgan fingerprint density at radius 2 is 2.36 bits per heavy atom. The van der Waals surface area contributed by atoms with Gasteiger partial charge in [-0.15, -0.1) is 0 Å². The number of para-hydroxylation sites is 1. The summed E-state index contributed by atoms with van der Waals surface area (Å²) in [6.07, 6.45) is 1.06. The van der Waals surface area contributed by atoms with Crippen LogP contribution in [0.15, 0.2) is 18.2 Å². The predicted molar refractivity (Wildman–Crippen MR) is 52.8 cm³/mol. The molecule has 1 aromatic heterocycles. The fraction of sp³-hybridized carbons (Fsp3) is 0.300. The van der Waals surface area contributed by atoms with Gasteiger partial charge in [-0.05, 0) is 18.6 Å². The van der Waals surface area contributed by atoms with Gasteiger partial charge in [0.2, 0.25) is 5.95 Å². The molecule has 0 unspecified atom stereocenters. The molecular formula is C10H10FN3. The number of aromatic nitrogens is 2. The molecule has 0 radical (unpaired) electrons. The van der Waals surface area contributed by atoms with Crippen LogP contribution >= 0.6 is 0 Å². The van der Waals surface area contributed by atoms with Gasteiger partial charge in [0.15, 0.2) is 5.82 Å². The van der Waals surface area contributed by atoms with Crippen LogP contribution in [0.4, 0.5) is 10.3 Å². The van der Waals surface area contributed by atoms with Gasteiger partial charge in [-0.1, -0.05) is 6.07 Å². The summed E-state index contributed by atoms with van der Waals surface area (Å²) in [6, 6.07) is 5.07. The van der Waals surface area contributed by atoms with Crippen LogP contribution in [-0.2, 0) is 6.54 Å². The van der Waals surface area contributed by atoms with Crippen molar-refractivity contribution in [3.05, 3.63) is 24.0 Å². The maximum Gasteiger partial charge on any atom is 0.203 e. The molecule has 1 aromatic carbocycles. The molecule has 3 nitrogen and oxygen atoms in total. The van der Waals surface area contributed by atoms with E-state index in [4.69, 9.17) is 0 Å². The molecule has 14 heavy (non-hydrogen) atoms. The average molecular weight is 191 g/mol. The third-order valence-corrected chi connectivity index (χ3v) is 2.57. The lowest BCUT2D eigenvalue weighted by molar-refractivity contribution is 0.636. The minimum atomic E-state index is -0.244. The molecule has 72 valence electrons.